The Morgan fingerprint density at radius 3 is 2.45 bits per heavy atom. The number of hydrogen-bond donors (Lipinski definition) is 1. The standard InChI is InChI=1S/C15H6Cl2F2O2S/c16-9-4-8(11(19)5-10(9)17)13-7-2-1-6(18)3-12(7)22-14(13)15(20)21/h1-5H,(H,20,21). The topological polar surface area (TPSA) is 37.3 Å². The molecule has 0 radical (unpaired) electrons. The van der Waals surface area contributed by atoms with Crippen LogP contribution in [0.25, 0.3) is 21.2 Å². The Balaban J connectivity index is 2.41. The first-order valence-electron chi connectivity index (χ1n) is 5.98. The van der Waals surface area contributed by atoms with Gasteiger partial charge < -0.3 is 5.11 Å². The molecule has 3 rings (SSSR count). The molecule has 0 amide bonds. The third-order valence-corrected chi connectivity index (χ3v) is 4.99. The van der Waals surface area contributed by atoms with Gasteiger partial charge in [0, 0.05) is 21.2 Å². The lowest BCUT2D eigenvalue weighted by molar-refractivity contribution is 0.0703. The molecule has 1 N–H and O–H groups in total. The summed E-state index contributed by atoms with van der Waals surface area (Å²) < 4.78 is 28.0. The molecule has 0 atom stereocenters. The Bertz CT molecular complexity index is 922. The molecule has 0 saturated carbocycles. The van der Waals surface area contributed by atoms with Gasteiger partial charge in [-0.05, 0) is 30.3 Å². The van der Waals surface area contributed by atoms with E-state index in [1.165, 1.54) is 24.3 Å². The largest absolute Gasteiger partial charge is 0.477 e. The first kappa shape index (κ1) is 15.2. The quantitative estimate of drug-likeness (QED) is 0.583. The lowest BCUT2D eigenvalue weighted by Crippen LogP contribution is -1.96. The van der Waals surface area contributed by atoms with Crippen LogP contribution in [0, 0.1) is 11.6 Å². The molecule has 0 spiro atoms. The van der Waals surface area contributed by atoms with E-state index in [0.717, 1.165) is 17.4 Å². The monoisotopic (exact) mass is 358 g/mol. The lowest BCUT2D eigenvalue weighted by Gasteiger charge is -2.06. The number of carboxylic acids is 1. The van der Waals surface area contributed by atoms with Crippen LogP contribution < -0.4 is 0 Å². The highest BCUT2D eigenvalue weighted by Gasteiger charge is 2.22. The molecule has 3 aromatic rings. The minimum Gasteiger partial charge on any atom is -0.477 e. The SMILES string of the molecule is O=C(O)c1sc2cc(F)ccc2c1-c1cc(Cl)c(Cl)cc1F. The van der Waals surface area contributed by atoms with Gasteiger partial charge in [0.2, 0.25) is 0 Å². The van der Waals surface area contributed by atoms with Gasteiger partial charge in [0.15, 0.2) is 0 Å². The number of rotatable bonds is 2. The van der Waals surface area contributed by atoms with E-state index >= 15 is 0 Å². The summed E-state index contributed by atoms with van der Waals surface area (Å²) in [6.45, 7) is 0. The molecule has 0 fully saturated rings. The second kappa shape index (κ2) is 5.50. The summed E-state index contributed by atoms with van der Waals surface area (Å²) in [6, 6.07) is 6.13. The van der Waals surface area contributed by atoms with Crippen molar-refractivity contribution in [3.05, 3.63) is 56.9 Å². The summed E-state index contributed by atoms with van der Waals surface area (Å²) in [6.07, 6.45) is 0. The summed E-state index contributed by atoms with van der Waals surface area (Å²) in [5.41, 5.74) is 0.188. The number of hydrogen-bond acceptors (Lipinski definition) is 2. The van der Waals surface area contributed by atoms with Crippen LogP contribution in [-0.2, 0) is 0 Å². The van der Waals surface area contributed by atoms with Crippen LogP contribution in [0.4, 0.5) is 8.78 Å². The van der Waals surface area contributed by atoms with Crippen molar-refractivity contribution in [3.8, 4) is 11.1 Å². The molecule has 112 valence electrons. The highest BCUT2D eigenvalue weighted by molar-refractivity contribution is 7.21. The predicted molar refractivity (Wildman–Crippen MR) is 84.2 cm³/mol. The van der Waals surface area contributed by atoms with Gasteiger partial charge in [-0.25, -0.2) is 13.6 Å². The third kappa shape index (κ3) is 2.45. The molecule has 1 heterocycles. The molecule has 0 unspecified atom stereocenters. The van der Waals surface area contributed by atoms with Crippen molar-refractivity contribution in [2.45, 2.75) is 0 Å². The average molecular weight is 359 g/mol. The number of aromatic carboxylic acids is 1. The summed E-state index contributed by atoms with van der Waals surface area (Å²) in [5, 5.41) is 9.93. The molecule has 1 aromatic heterocycles. The van der Waals surface area contributed by atoms with Crippen molar-refractivity contribution in [2.24, 2.45) is 0 Å². The molecule has 0 bridgehead atoms. The number of fused-ring (bicyclic) bond motifs is 1. The van der Waals surface area contributed by atoms with Gasteiger partial charge in [-0.15, -0.1) is 11.3 Å². The Morgan fingerprint density at radius 2 is 1.77 bits per heavy atom. The third-order valence-electron chi connectivity index (χ3n) is 3.13. The summed E-state index contributed by atoms with van der Waals surface area (Å²) in [7, 11) is 0. The number of carbonyl (C=O) groups is 1. The second-order valence-corrected chi connectivity index (χ2v) is 6.36. The Labute approximate surface area is 137 Å². The van der Waals surface area contributed by atoms with Crippen molar-refractivity contribution < 1.29 is 18.7 Å². The smallest absolute Gasteiger partial charge is 0.346 e. The van der Waals surface area contributed by atoms with Gasteiger partial charge in [-0.3, -0.25) is 0 Å². The van der Waals surface area contributed by atoms with Crippen molar-refractivity contribution in [2.75, 3.05) is 0 Å². The Hall–Kier alpha value is -1.69. The number of benzene rings is 2. The lowest BCUT2D eigenvalue weighted by atomic mass is 10.0. The van der Waals surface area contributed by atoms with Crippen LogP contribution in [0.3, 0.4) is 0 Å². The maximum absolute atomic E-state index is 14.2. The van der Waals surface area contributed by atoms with Crippen molar-refractivity contribution in [1.29, 1.82) is 0 Å². The number of carboxylic acid groups (broad SMARTS) is 1. The Morgan fingerprint density at radius 1 is 1.09 bits per heavy atom. The molecular weight excluding hydrogens is 353 g/mol. The van der Waals surface area contributed by atoms with Crippen molar-refractivity contribution >= 4 is 50.6 Å². The molecule has 7 heteroatoms. The molecule has 0 aliphatic rings. The van der Waals surface area contributed by atoms with Crippen LogP contribution in [-0.4, -0.2) is 11.1 Å². The minimum absolute atomic E-state index is 0.0182. The second-order valence-electron chi connectivity index (χ2n) is 4.50. The molecular formula is C15H6Cl2F2O2S. The maximum atomic E-state index is 14.2. The van der Waals surface area contributed by atoms with E-state index in [1.54, 1.807) is 0 Å². The number of halogens is 4. The van der Waals surface area contributed by atoms with Gasteiger partial charge >= 0.3 is 5.97 Å². The molecule has 0 aliphatic carbocycles. The fourth-order valence-electron chi connectivity index (χ4n) is 2.20. The van der Waals surface area contributed by atoms with E-state index in [-0.39, 0.29) is 26.0 Å². The first-order chi connectivity index (χ1) is 10.4. The van der Waals surface area contributed by atoms with Crippen LogP contribution in [0.2, 0.25) is 10.0 Å². The van der Waals surface area contributed by atoms with Crippen LogP contribution in [0.1, 0.15) is 9.67 Å². The highest BCUT2D eigenvalue weighted by atomic mass is 35.5. The average Bonchev–Trinajstić information content (AvgIpc) is 2.81. The zero-order chi connectivity index (χ0) is 16.0. The van der Waals surface area contributed by atoms with E-state index < -0.39 is 17.6 Å². The fourth-order valence-corrected chi connectivity index (χ4v) is 3.60. The van der Waals surface area contributed by atoms with Gasteiger partial charge in [0.1, 0.15) is 16.5 Å². The zero-order valence-electron chi connectivity index (χ0n) is 10.7. The van der Waals surface area contributed by atoms with Crippen LogP contribution in [0.5, 0.6) is 0 Å². The Kier molecular flexibility index (Phi) is 3.80. The first-order valence-corrected chi connectivity index (χ1v) is 7.56. The van der Waals surface area contributed by atoms with Gasteiger partial charge in [-0.1, -0.05) is 23.2 Å². The summed E-state index contributed by atoms with van der Waals surface area (Å²) in [4.78, 5) is 11.4. The van der Waals surface area contributed by atoms with Crippen LogP contribution in [0.15, 0.2) is 30.3 Å². The van der Waals surface area contributed by atoms with Gasteiger partial charge in [-0.2, -0.15) is 0 Å². The molecule has 0 saturated heterocycles. The van der Waals surface area contributed by atoms with E-state index in [1.807, 2.05) is 0 Å². The van der Waals surface area contributed by atoms with E-state index in [9.17, 15) is 18.7 Å². The maximum Gasteiger partial charge on any atom is 0.346 e. The fraction of sp³-hybridized carbons (Fsp3) is 0. The van der Waals surface area contributed by atoms with Gasteiger partial charge in [0.25, 0.3) is 0 Å². The molecule has 2 aromatic carbocycles. The van der Waals surface area contributed by atoms with E-state index in [0.29, 0.717) is 10.1 Å². The van der Waals surface area contributed by atoms with Crippen molar-refractivity contribution in [3.63, 3.8) is 0 Å². The van der Waals surface area contributed by atoms with Crippen LogP contribution >= 0.6 is 34.5 Å². The normalized spacial score (nSPS) is 11.1. The molecule has 0 aliphatic heterocycles. The summed E-state index contributed by atoms with van der Waals surface area (Å²) >= 11 is 12.5. The summed E-state index contributed by atoms with van der Waals surface area (Å²) in [5.74, 6) is -2.41. The molecule has 22 heavy (non-hydrogen) atoms. The number of thiophene rings is 1. The highest BCUT2D eigenvalue weighted by Crippen LogP contribution is 2.42. The minimum atomic E-state index is -1.22. The zero-order valence-corrected chi connectivity index (χ0v) is 13.0. The molecule has 2 nitrogen and oxygen atoms in total. The van der Waals surface area contributed by atoms with Crippen molar-refractivity contribution in [1.82, 2.24) is 0 Å². The van der Waals surface area contributed by atoms with E-state index in [4.69, 9.17) is 23.2 Å². The predicted octanol–water partition coefficient (Wildman–Crippen LogP) is 5.85. The van der Waals surface area contributed by atoms with E-state index in [2.05, 4.69) is 0 Å². The van der Waals surface area contributed by atoms with Gasteiger partial charge in [0.05, 0.1) is 10.0 Å².